The Hall–Kier alpha value is -2.56. The van der Waals surface area contributed by atoms with Gasteiger partial charge in [0, 0.05) is 0 Å². The molecule has 1 aromatic rings. The molecule has 5 nitrogen and oxygen atoms in total. The van der Waals surface area contributed by atoms with Gasteiger partial charge in [0.2, 0.25) is 0 Å². The van der Waals surface area contributed by atoms with E-state index in [2.05, 4.69) is 0 Å². The van der Waals surface area contributed by atoms with Crippen LogP contribution in [-0.2, 0) is 23.8 Å². The van der Waals surface area contributed by atoms with Crippen LogP contribution >= 0.6 is 0 Å². The molecule has 0 unspecified atom stereocenters. The molecule has 5 heteroatoms. The van der Waals surface area contributed by atoms with E-state index in [-0.39, 0.29) is 0 Å². The van der Waals surface area contributed by atoms with Crippen molar-refractivity contribution in [2.45, 2.75) is 26.7 Å². The highest BCUT2D eigenvalue weighted by Crippen LogP contribution is 2.41. The summed E-state index contributed by atoms with van der Waals surface area (Å²) in [5.74, 6) is -0.784. The average Bonchev–Trinajstić information content (AvgIpc) is 2.53. The maximum atomic E-state index is 12.3. The Balaban J connectivity index is 2.66. The van der Waals surface area contributed by atoms with Crippen molar-refractivity contribution in [2.24, 2.45) is 0 Å². The van der Waals surface area contributed by atoms with Gasteiger partial charge in [-0.2, -0.15) is 0 Å². The quantitative estimate of drug-likeness (QED) is 0.802. The fourth-order valence-corrected chi connectivity index (χ4v) is 2.73. The Morgan fingerprint density at radius 2 is 1.30 bits per heavy atom. The summed E-state index contributed by atoms with van der Waals surface area (Å²) < 4.78 is 15.4. The second kappa shape index (κ2) is 6.69. The minimum absolute atomic E-state index is 0.308. The van der Waals surface area contributed by atoms with Gasteiger partial charge in [0.1, 0.15) is 11.5 Å². The highest BCUT2D eigenvalue weighted by Gasteiger charge is 2.38. The molecule has 0 bridgehead atoms. The molecular weight excluding hydrogens is 296 g/mol. The lowest BCUT2D eigenvalue weighted by Crippen LogP contribution is -2.26. The van der Waals surface area contributed by atoms with Crippen LogP contribution in [-0.4, -0.2) is 26.2 Å². The molecule has 1 aromatic carbocycles. The van der Waals surface area contributed by atoms with Crippen molar-refractivity contribution >= 4 is 11.9 Å². The number of carbonyl (C=O) groups is 2. The van der Waals surface area contributed by atoms with E-state index in [9.17, 15) is 9.59 Å². The highest BCUT2D eigenvalue weighted by molar-refractivity contribution is 5.99. The lowest BCUT2D eigenvalue weighted by Gasteiger charge is -2.29. The third-order valence-corrected chi connectivity index (χ3v) is 3.86. The van der Waals surface area contributed by atoms with Gasteiger partial charge >= 0.3 is 11.9 Å². The third kappa shape index (κ3) is 3.13. The van der Waals surface area contributed by atoms with E-state index in [1.165, 1.54) is 14.2 Å². The Morgan fingerprint density at radius 3 is 1.70 bits per heavy atom. The molecule has 0 fully saturated rings. The number of esters is 2. The van der Waals surface area contributed by atoms with Crippen molar-refractivity contribution in [1.29, 1.82) is 0 Å². The van der Waals surface area contributed by atoms with Gasteiger partial charge in [-0.3, -0.25) is 0 Å². The smallest absolute Gasteiger partial charge is 0.338 e. The lowest BCUT2D eigenvalue weighted by molar-refractivity contribution is -0.137. The summed E-state index contributed by atoms with van der Waals surface area (Å²) in [7, 11) is 2.61. The molecule has 0 aliphatic carbocycles. The molecule has 1 aliphatic rings. The van der Waals surface area contributed by atoms with Gasteiger partial charge in [0.15, 0.2) is 0 Å². The molecule has 0 aromatic heterocycles. The molecule has 0 radical (unpaired) electrons. The van der Waals surface area contributed by atoms with Crippen molar-refractivity contribution in [1.82, 2.24) is 0 Å². The number of hydrogen-bond donors (Lipinski definition) is 0. The van der Waals surface area contributed by atoms with Crippen LogP contribution < -0.4 is 0 Å². The number of aryl methyl sites for hydroxylation is 1. The van der Waals surface area contributed by atoms with Crippen LogP contribution in [0.25, 0.3) is 0 Å². The summed E-state index contributed by atoms with van der Waals surface area (Å²) in [6.45, 7) is 5.34. The number of benzene rings is 1. The second-order valence-corrected chi connectivity index (χ2v) is 5.37. The van der Waals surface area contributed by atoms with E-state index in [0.717, 1.165) is 11.1 Å². The van der Waals surface area contributed by atoms with Crippen LogP contribution in [0, 0.1) is 6.92 Å². The van der Waals surface area contributed by atoms with Crippen LogP contribution in [0.5, 0.6) is 0 Å². The van der Waals surface area contributed by atoms with Crippen LogP contribution in [0.3, 0.4) is 0 Å². The van der Waals surface area contributed by atoms with Gasteiger partial charge in [0.05, 0.1) is 31.3 Å². The molecule has 0 saturated heterocycles. The molecule has 0 N–H and O–H groups in total. The minimum atomic E-state index is -0.579. The van der Waals surface area contributed by atoms with E-state index >= 15 is 0 Å². The van der Waals surface area contributed by atoms with Crippen LogP contribution in [0.2, 0.25) is 0 Å². The number of methoxy groups -OCH3 is 2. The fraction of sp³-hybridized carbons (Fsp3) is 0.333. The van der Waals surface area contributed by atoms with Crippen molar-refractivity contribution in [3.8, 4) is 0 Å². The summed E-state index contributed by atoms with van der Waals surface area (Å²) in [6.07, 6.45) is 0. The van der Waals surface area contributed by atoms with Gasteiger partial charge in [0.25, 0.3) is 0 Å². The number of ether oxygens (including phenoxy) is 3. The predicted molar refractivity (Wildman–Crippen MR) is 84.4 cm³/mol. The summed E-state index contributed by atoms with van der Waals surface area (Å²) in [6, 6.07) is 7.63. The molecule has 0 spiro atoms. The first-order valence-corrected chi connectivity index (χ1v) is 7.23. The standard InChI is InChI=1S/C18H20O5/c1-10-6-8-13(9-7-10)16-14(17(19)21-4)11(2)23-12(3)15(16)18(20)22-5/h6-9,16H,1-5H3. The first-order chi connectivity index (χ1) is 10.9. The second-order valence-electron chi connectivity index (χ2n) is 5.37. The summed E-state index contributed by atoms with van der Waals surface area (Å²) in [5, 5.41) is 0. The normalized spacial score (nSPS) is 15.3. The van der Waals surface area contributed by atoms with Gasteiger partial charge in [-0.15, -0.1) is 0 Å². The SMILES string of the molecule is COC(=O)C1=C(C)OC(C)=C(C(=O)OC)C1c1ccc(C)cc1. The van der Waals surface area contributed by atoms with Crippen molar-refractivity contribution in [2.75, 3.05) is 14.2 Å². The van der Waals surface area contributed by atoms with Crippen molar-refractivity contribution < 1.29 is 23.8 Å². The van der Waals surface area contributed by atoms with Gasteiger partial charge < -0.3 is 14.2 Å². The molecule has 0 amide bonds. The lowest BCUT2D eigenvalue weighted by atomic mass is 9.81. The molecule has 23 heavy (non-hydrogen) atoms. The van der Waals surface area contributed by atoms with E-state index in [4.69, 9.17) is 14.2 Å². The number of hydrogen-bond acceptors (Lipinski definition) is 5. The van der Waals surface area contributed by atoms with E-state index in [1.807, 2.05) is 31.2 Å². The average molecular weight is 316 g/mol. The van der Waals surface area contributed by atoms with E-state index < -0.39 is 17.9 Å². The Morgan fingerprint density at radius 1 is 0.870 bits per heavy atom. The van der Waals surface area contributed by atoms with Gasteiger partial charge in [-0.25, -0.2) is 9.59 Å². The summed E-state index contributed by atoms with van der Waals surface area (Å²) in [4.78, 5) is 24.5. The van der Waals surface area contributed by atoms with E-state index in [0.29, 0.717) is 22.7 Å². The monoisotopic (exact) mass is 316 g/mol. The van der Waals surface area contributed by atoms with Crippen LogP contribution in [0.15, 0.2) is 46.9 Å². The molecule has 0 atom stereocenters. The molecule has 2 rings (SSSR count). The fourth-order valence-electron chi connectivity index (χ4n) is 2.73. The molecule has 0 saturated carbocycles. The molecule has 122 valence electrons. The third-order valence-electron chi connectivity index (χ3n) is 3.86. The number of rotatable bonds is 3. The zero-order chi connectivity index (χ0) is 17.1. The maximum Gasteiger partial charge on any atom is 0.338 e. The number of allylic oxidation sites excluding steroid dienone is 2. The maximum absolute atomic E-state index is 12.3. The van der Waals surface area contributed by atoms with E-state index in [1.54, 1.807) is 13.8 Å². The van der Waals surface area contributed by atoms with Crippen molar-refractivity contribution in [3.05, 3.63) is 58.1 Å². The minimum Gasteiger partial charge on any atom is -0.466 e. The van der Waals surface area contributed by atoms with Crippen LogP contribution in [0.4, 0.5) is 0 Å². The molecule has 1 aliphatic heterocycles. The first-order valence-electron chi connectivity index (χ1n) is 7.23. The summed E-state index contributed by atoms with van der Waals surface area (Å²) >= 11 is 0. The Kier molecular flexibility index (Phi) is 4.89. The topological polar surface area (TPSA) is 61.8 Å². The molecular formula is C18H20O5. The summed E-state index contributed by atoms with van der Waals surface area (Å²) in [5.41, 5.74) is 2.50. The molecule has 1 heterocycles. The predicted octanol–water partition coefficient (Wildman–Crippen LogP) is 3.00. The van der Waals surface area contributed by atoms with Gasteiger partial charge in [-0.1, -0.05) is 29.8 Å². The zero-order valence-electron chi connectivity index (χ0n) is 13.9. The van der Waals surface area contributed by atoms with Gasteiger partial charge in [-0.05, 0) is 26.3 Å². The number of carbonyl (C=O) groups excluding carboxylic acids is 2. The highest BCUT2D eigenvalue weighted by atomic mass is 16.5. The van der Waals surface area contributed by atoms with Crippen LogP contribution in [0.1, 0.15) is 30.9 Å². The largest absolute Gasteiger partial charge is 0.466 e. The zero-order valence-corrected chi connectivity index (χ0v) is 13.9. The van der Waals surface area contributed by atoms with Crippen molar-refractivity contribution in [3.63, 3.8) is 0 Å². The Labute approximate surface area is 135 Å². The first kappa shape index (κ1) is 16.8. The Bertz CT molecular complexity index is 657.